The number of carbonyl (C=O) groups excluding carboxylic acids is 1. The summed E-state index contributed by atoms with van der Waals surface area (Å²) in [4.78, 5) is 17.3. The summed E-state index contributed by atoms with van der Waals surface area (Å²) in [6.45, 7) is 2.95. The highest BCUT2D eigenvalue weighted by molar-refractivity contribution is 9.10. The molecule has 4 rings (SSSR count). The summed E-state index contributed by atoms with van der Waals surface area (Å²) in [6.07, 6.45) is 0.944. The van der Waals surface area contributed by atoms with Crippen molar-refractivity contribution in [2.75, 3.05) is 11.4 Å². The summed E-state index contributed by atoms with van der Waals surface area (Å²) >= 11 is 5.22. The molecule has 1 aliphatic heterocycles. The number of fused-ring (bicyclic) bond motifs is 1. The average molecular weight is 444 g/mol. The van der Waals surface area contributed by atoms with Gasteiger partial charge in [0.05, 0.1) is 5.69 Å². The molecule has 0 saturated heterocycles. The molecule has 1 aromatic heterocycles. The molecular weight excluding hydrogens is 426 g/mol. The number of benzene rings is 2. The first-order valence-corrected chi connectivity index (χ1v) is 10.4. The van der Waals surface area contributed by atoms with Crippen molar-refractivity contribution in [3.8, 4) is 11.4 Å². The minimum atomic E-state index is -0.0306. The second kappa shape index (κ2) is 7.82. The van der Waals surface area contributed by atoms with Gasteiger partial charge >= 0.3 is 0 Å². The number of halogens is 1. The molecule has 0 unspecified atom stereocenters. The van der Waals surface area contributed by atoms with E-state index >= 15 is 0 Å². The molecule has 138 valence electrons. The van der Waals surface area contributed by atoms with E-state index in [0.717, 1.165) is 27.0 Å². The zero-order valence-electron chi connectivity index (χ0n) is 14.7. The molecule has 2 heterocycles. The lowest BCUT2D eigenvalue weighted by atomic mass is 10.2. The Morgan fingerprint density at radius 3 is 2.81 bits per heavy atom. The number of hydrogen-bond acceptors (Lipinski definition) is 5. The molecule has 2 aromatic carbocycles. The Bertz CT molecular complexity index is 959. The first-order valence-electron chi connectivity index (χ1n) is 8.70. The Kier molecular flexibility index (Phi) is 5.27. The van der Waals surface area contributed by atoms with Crippen LogP contribution in [0.15, 0.2) is 57.9 Å². The highest BCUT2D eigenvalue weighted by Crippen LogP contribution is 2.37. The molecule has 0 N–H and O–H groups in total. The van der Waals surface area contributed by atoms with Crippen LogP contribution in [0.2, 0.25) is 0 Å². The number of tetrazole rings is 1. The van der Waals surface area contributed by atoms with E-state index in [9.17, 15) is 4.79 Å². The first-order chi connectivity index (χ1) is 13.1. The largest absolute Gasteiger partial charge is 0.310 e. The third kappa shape index (κ3) is 4.06. The molecule has 0 radical (unpaired) electrons. The van der Waals surface area contributed by atoms with Crippen LogP contribution in [-0.2, 0) is 11.3 Å². The molecule has 1 amide bonds. The van der Waals surface area contributed by atoms with E-state index in [0.29, 0.717) is 17.6 Å². The molecule has 8 heteroatoms. The van der Waals surface area contributed by atoms with E-state index in [1.807, 2.05) is 59.1 Å². The van der Waals surface area contributed by atoms with Crippen LogP contribution >= 0.6 is 27.7 Å². The first kappa shape index (κ1) is 18.2. The van der Waals surface area contributed by atoms with Crippen LogP contribution in [0.1, 0.15) is 13.3 Å². The van der Waals surface area contributed by atoms with Crippen molar-refractivity contribution in [3.05, 3.63) is 53.0 Å². The van der Waals surface area contributed by atoms with E-state index in [4.69, 9.17) is 0 Å². The number of hydrogen-bond donors (Lipinski definition) is 0. The minimum absolute atomic E-state index is 0.0306. The molecule has 0 bridgehead atoms. The van der Waals surface area contributed by atoms with Gasteiger partial charge < -0.3 is 4.90 Å². The zero-order chi connectivity index (χ0) is 18.8. The number of nitrogens with zero attached hydrogens (tertiary/aromatic N) is 5. The summed E-state index contributed by atoms with van der Waals surface area (Å²) in [6, 6.07) is 15.7. The second-order valence-electron chi connectivity index (χ2n) is 6.38. The van der Waals surface area contributed by atoms with Gasteiger partial charge in [-0.2, -0.15) is 4.80 Å². The van der Waals surface area contributed by atoms with Crippen molar-refractivity contribution in [1.29, 1.82) is 0 Å². The summed E-state index contributed by atoms with van der Waals surface area (Å²) in [5, 5.41) is 13.0. The van der Waals surface area contributed by atoms with Gasteiger partial charge in [-0.15, -0.1) is 22.0 Å². The molecule has 6 nitrogen and oxygen atoms in total. The van der Waals surface area contributed by atoms with E-state index in [2.05, 4.69) is 44.3 Å². The van der Waals surface area contributed by atoms with Crippen LogP contribution in [-0.4, -0.2) is 37.9 Å². The summed E-state index contributed by atoms with van der Waals surface area (Å²) in [5.74, 6) is 0.479. The number of para-hydroxylation sites is 1. The SMILES string of the molecule is C[C@H]1CCN(C(=O)Cn2nnc(-c3ccc(Br)cc3)n2)c2ccccc2S1. The van der Waals surface area contributed by atoms with Crippen LogP contribution in [0.4, 0.5) is 5.69 Å². The Morgan fingerprint density at radius 2 is 2.00 bits per heavy atom. The molecule has 1 atom stereocenters. The van der Waals surface area contributed by atoms with E-state index in [1.54, 1.807) is 0 Å². The predicted molar refractivity (Wildman–Crippen MR) is 110 cm³/mol. The fraction of sp³-hybridized carbons (Fsp3) is 0.263. The Balaban J connectivity index is 1.53. The maximum absolute atomic E-state index is 13.0. The average Bonchev–Trinajstić information content (AvgIpc) is 3.04. The van der Waals surface area contributed by atoms with Crippen LogP contribution in [0, 0.1) is 0 Å². The smallest absolute Gasteiger partial charge is 0.250 e. The molecule has 1 aliphatic rings. The normalized spacial score (nSPS) is 16.7. The van der Waals surface area contributed by atoms with Gasteiger partial charge in [0.1, 0.15) is 6.54 Å². The number of anilines is 1. The predicted octanol–water partition coefficient (Wildman–Crippen LogP) is 4.02. The van der Waals surface area contributed by atoms with Crippen molar-refractivity contribution < 1.29 is 4.79 Å². The summed E-state index contributed by atoms with van der Waals surface area (Å²) < 4.78 is 0.987. The van der Waals surface area contributed by atoms with E-state index < -0.39 is 0 Å². The Morgan fingerprint density at radius 1 is 1.22 bits per heavy atom. The fourth-order valence-electron chi connectivity index (χ4n) is 2.98. The number of aromatic nitrogens is 4. The van der Waals surface area contributed by atoms with Gasteiger partial charge in [0.25, 0.3) is 5.91 Å². The number of amides is 1. The van der Waals surface area contributed by atoms with E-state index in [-0.39, 0.29) is 12.5 Å². The Hall–Kier alpha value is -2.19. The highest BCUT2D eigenvalue weighted by Gasteiger charge is 2.24. The van der Waals surface area contributed by atoms with Crippen molar-refractivity contribution in [2.24, 2.45) is 0 Å². The van der Waals surface area contributed by atoms with Gasteiger partial charge in [-0.05, 0) is 48.0 Å². The number of carbonyl (C=O) groups is 1. The van der Waals surface area contributed by atoms with Crippen LogP contribution < -0.4 is 4.90 Å². The molecule has 0 saturated carbocycles. The van der Waals surface area contributed by atoms with Crippen molar-refractivity contribution in [2.45, 2.75) is 30.0 Å². The number of thioether (sulfide) groups is 1. The lowest BCUT2D eigenvalue weighted by molar-refractivity contribution is -0.119. The highest BCUT2D eigenvalue weighted by atomic mass is 79.9. The van der Waals surface area contributed by atoms with Crippen LogP contribution in [0.5, 0.6) is 0 Å². The molecular formula is C19H18BrN5OS. The van der Waals surface area contributed by atoms with Crippen molar-refractivity contribution in [1.82, 2.24) is 20.2 Å². The molecule has 3 aromatic rings. The van der Waals surface area contributed by atoms with Crippen LogP contribution in [0.3, 0.4) is 0 Å². The van der Waals surface area contributed by atoms with Gasteiger partial charge in [0, 0.05) is 26.7 Å². The quantitative estimate of drug-likeness (QED) is 0.611. The van der Waals surface area contributed by atoms with Crippen LogP contribution in [0.25, 0.3) is 11.4 Å². The second-order valence-corrected chi connectivity index (χ2v) is 8.78. The molecule has 27 heavy (non-hydrogen) atoms. The minimum Gasteiger partial charge on any atom is -0.310 e. The summed E-state index contributed by atoms with van der Waals surface area (Å²) in [5.41, 5.74) is 1.83. The standard InChI is InChI=1S/C19H18BrN5OS/c1-13-10-11-24(16-4-2-3-5-17(16)27-13)18(26)12-25-22-19(21-23-25)14-6-8-15(20)9-7-14/h2-9,13H,10-12H2,1H3/t13-/m0/s1. The maximum Gasteiger partial charge on any atom is 0.250 e. The lowest BCUT2D eigenvalue weighted by Gasteiger charge is -2.22. The van der Waals surface area contributed by atoms with Gasteiger partial charge in [0.2, 0.25) is 5.82 Å². The fourth-order valence-corrected chi connectivity index (χ4v) is 4.35. The monoisotopic (exact) mass is 443 g/mol. The number of rotatable bonds is 3. The topological polar surface area (TPSA) is 63.9 Å². The summed E-state index contributed by atoms with van der Waals surface area (Å²) in [7, 11) is 0. The molecule has 0 spiro atoms. The third-order valence-electron chi connectivity index (χ3n) is 4.38. The molecule has 0 fully saturated rings. The Labute approximate surface area is 170 Å². The lowest BCUT2D eigenvalue weighted by Crippen LogP contribution is -2.35. The van der Waals surface area contributed by atoms with Gasteiger partial charge in [-0.1, -0.05) is 35.0 Å². The molecule has 0 aliphatic carbocycles. The zero-order valence-corrected chi connectivity index (χ0v) is 17.2. The van der Waals surface area contributed by atoms with Gasteiger partial charge in [0.15, 0.2) is 0 Å². The van der Waals surface area contributed by atoms with Crippen molar-refractivity contribution in [3.63, 3.8) is 0 Å². The maximum atomic E-state index is 13.0. The van der Waals surface area contributed by atoms with Gasteiger partial charge in [-0.25, -0.2) is 0 Å². The third-order valence-corrected chi connectivity index (χ3v) is 6.14. The van der Waals surface area contributed by atoms with Crippen molar-refractivity contribution >= 4 is 39.3 Å². The van der Waals surface area contributed by atoms with E-state index in [1.165, 1.54) is 4.80 Å². The van der Waals surface area contributed by atoms with Gasteiger partial charge in [-0.3, -0.25) is 4.79 Å².